The third-order valence-corrected chi connectivity index (χ3v) is 6.40. The number of halogens is 1. The highest BCUT2D eigenvalue weighted by atomic mass is 19.1. The van der Waals surface area contributed by atoms with E-state index in [-0.39, 0.29) is 24.7 Å². The van der Waals surface area contributed by atoms with Crippen molar-refractivity contribution < 1.29 is 17.0 Å². The van der Waals surface area contributed by atoms with Crippen LogP contribution >= 0.6 is 0 Å². The van der Waals surface area contributed by atoms with Crippen LogP contribution < -0.4 is 0 Å². The number of para-hydroxylation sites is 2. The molecule has 6 heteroatoms. The van der Waals surface area contributed by atoms with Crippen molar-refractivity contribution in [3.63, 3.8) is 0 Å². The Hall–Kier alpha value is -2.73. The van der Waals surface area contributed by atoms with Crippen molar-refractivity contribution in [3.8, 4) is 0 Å². The molecule has 5 nitrogen and oxygen atoms in total. The molecular formula is C26H32FN3O2. The van der Waals surface area contributed by atoms with Gasteiger partial charge in [0.15, 0.2) is 0 Å². The van der Waals surface area contributed by atoms with Gasteiger partial charge in [0.25, 0.3) is 0 Å². The van der Waals surface area contributed by atoms with E-state index in [1.807, 2.05) is 38.1 Å². The van der Waals surface area contributed by atoms with E-state index in [1.54, 1.807) is 18.0 Å². The Bertz CT molecular complexity index is 1160. The molecule has 32 heavy (non-hydrogen) atoms. The molecule has 2 N–H and O–H groups in total. The molecule has 1 amide bonds. The van der Waals surface area contributed by atoms with E-state index in [0.717, 1.165) is 22.4 Å². The second-order valence-electron chi connectivity index (χ2n) is 9.14. The third kappa shape index (κ3) is 4.56. The summed E-state index contributed by atoms with van der Waals surface area (Å²) in [7, 11) is 1.68. The standard InChI is InChI=1S/C26H32FN3O2/c1-17(2)25-20-11-10-19(27)15-18(20)12-13-26(25,32)16-24(31)30(3)14-6-9-23-28-21-7-4-5-8-22(21)29-23/h4-5,7-8,10-11,15,17,25,32H,6,9,12-14,16H2,1-3H3,(H,28,29)/t25-,26-/m0/s1/i13D2. The number of H-pyrrole nitrogens is 1. The smallest absolute Gasteiger partial charge is 0.225 e. The summed E-state index contributed by atoms with van der Waals surface area (Å²) in [6, 6.07) is 12.1. The average molecular weight is 440 g/mol. The second kappa shape index (κ2) is 9.02. The fourth-order valence-corrected chi connectivity index (χ4v) is 4.83. The molecular weight excluding hydrogens is 405 g/mol. The van der Waals surface area contributed by atoms with Crippen molar-refractivity contribution in [3.05, 3.63) is 65.2 Å². The first kappa shape index (κ1) is 19.9. The van der Waals surface area contributed by atoms with Crippen LogP contribution in [0.4, 0.5) is 4.39 Å². The zero-order chi connectivity index (χ0) is 24.7. The molecule has 0 saturated heterocycles. The van der Waals surface area contributed by atoms with Crippen molar-refractivity contribution in [2.45, 2.75) is 57.4 Å². The van der Waals surface area contributed by atoms with Crippen LogP contribution in [0, 0.1) is 11.7 Å². The van der Waals surface area contributed by atoms with Gasteiger partial charge in [-0.05, 0) is 60.5 Å². The number of nitrogens with one attached hydrogen (secondary N) is 1. The normalized spacial score (nSPS) is 23.0. The summed E-state index contributed by atoms with van der Waals surface area (Å²) in [6.07, 6.45) is -1.19. The quantitative estimate of drug-likeness (QED) is 0.565. The van der Waals surface area contributed by atoms with E-state index in [2.05, 4.69) is 9.97 Å². The number of aliphatic hydroxyl groups is 1. The number of aromatic nitrogens is 2. The lowest BCUT2D eigenvalue weighted by molar-refractivity contribution is -0.137. The minimum Gasteiger partial charge on any atom is -0.389 e. The van der Waals surface area contributed by atoms with Gasteiger partial charge in [-0.1, -0.05) is 32.0 Å². The molecule has 0 radical (unpaired) electrons. The molecule has 0 saturated carbocycles. The van der Waals surface area contributed by atoms with Gasteiger partial charge < -0.3 is 15.0 Å². The van der Waals surface area contributed by atoms with Crippen molar-refractivity contribution in [2.75, 3.05) is 13.6 Å². The van der Waals surface area contributed by atoms with Crippen molar-refractivity contribution >= 4 is 16.9 Å². The third-order valence-electron chi connectivity index (χ3n) is 6.40. The highest BCUT2D eigenvalue weighted by Crippen LogP contribution is 2.45. The summed E-state index contributed by atoms with van der Waals surface area (Å²) in [5.41, 5.74) is 1.26. The second-order valence-corrected chi connectivity index (χ2v) is 9.14. The van der Waals surface area contributed by atoms with Crippen molar-refractivity contribution in [1.29, 1.82) is 0 Å². The van der Waals surface area contributed by atoms with E-state index in [0.29, 0.717) is 24.9 Å². The number of aromatic amines is 1. The van der Waals surface area contributed by atoms with Crippen LogP contribution in [0.3, 0.4) is 0 Å². The molecule has 1 aromatic heterocycles. The molecule has 1 heterocycles. The molecule has 4 rings (SSSR count). The number of aryl methyl sites for hydroxylation is 2. The Morgan fingerprint density at radius 3 is 2.91 bits per heavy atom. The Morgan fingerprint density at radius 1 is 1.38 bits per heavy atom. The number of carbonyl (C=O) groups is 1. The van der Waals surface area contributed by atoms with Gasteiger partial charge in [-0.15, -0.1) is 0 Å². The monoisotopic (exact) mass is 439 g/mol. The zero-order valence-electron chi connectivity index (χ0n) is 20.9. The summed E-state index contributed by atoms with van der Waals surface area (Å²) in [5.74, 6) is -0.654. The molecule has 170 valence electrons. The Morgan fingerprint density at radius 2 is 2.16 bits per heavy atom. The summed E-state index contributed by atoms with van der Waals surface area (Å²) < 4.78 is 31.1. The number of amides is 1. The molecule has 3 aromatic rings. The van der Waals surface area contributed by atoms with E-state index in [9.17, 15) is 14.3 Å². The number of imidazole rings is 1. The SMILES string of the molecule is [2H]C1([2H])Cc2cc(F)ccc2[C@H](C(C)C)[C@@]1(O)CC(=O)N(C)CCCc1nc2ccccc2[nH]1. The van der Waals surface area contributed by atoms with Crippen LogP contribution in [0.2, 0.25) is 0 Å². The van der Waals surface area contributed by atoms with Crippen LogP contribution in [0.1, 0.15) is 58.7 Å². The van der Waals surface area contributed by atoms with E-state index in [4.69, 9.17) is 2.74 Å². The lowest BCUT2D eigenvalue weighted by atomic mass is 9.66. The van der Waals surface area contributed by atoms with Gasteiger partial charge >= 0.3 is 0 Å². The Labute approximate surface area is 191 Å². The van der Waals surface area contributed by atoms with Crippen LogP contribution in [0.5, 0.6) is 0 Å². The number of carbonyl (C=O) groups excluding carboxylic acids is 1. The number of hydrogen-bond donors (Lipinski definition) is 2. The molecule has 0 spiro atoms. The fraction of sp³-hybridized carbons (Fsp3) is 0.462. The molecule has 2 atom stereocenters. The molecule has 2 aromatic carbocycles. The van der Waals surface area contributed by atoms with Gasteiger partial charge in [-0.2, -0.15) is 0 Å². The molecule has 0 bridgehead atoms. The van der Waals surface area contributed by atoms with Crippen LogP contribution in [-0.2, 0) is 17.6 Å². The number of hydrogen-bond acceptors (Lipinski definition) is 3. The van der Waals surface area contributed by atoms with Gasteiger partial charge in [-0.3, -0.25) is 4.79 Å². The van der Waals surface area contributed by atoms with Gasteiger partial charge in [0.2, 0.25) is 5.91 Å². The first-order valence-electron chi connectivity index (χ1n) is 12.2. The van der Waals surface area contributed by atoms with Gasteiger partial charge in [0, 0.05) is 28.7 Å². The average Bonchev–Trinajstić information content (AvgIpc) is 3.17. The molecule has 0 unspecified atom stereocenters. The number of benzene rings is 2. The fourth-order valence-electron chi connectivity index (χ4n) is 4.83. The van der Waals surface area contributed by atoms with E-state index in [1.165, 1.54) is 12.1 Å². The van der Waals surface area contributed by atoms with Gasteiger partial charge in [0.05, 0.1) is 23.1 Å². The maximum absolute atomic E-state index is 13.8. The maximum atomic E-state index is 13.8. The lowest BCUT2D eigenvalue weighted by Crippen LogP contribution is -2.47. The van der Waals surface area contributed by atoms with Crippen molar-refractivity contribution in [2.24, 2.45) is 5.92 Å². The van der Waals surface area contributed by atoms with Crippen molar-refractivity contribution in [1.82, 2.24) is 14.9 Å². The topological polar surface area (TPSA) is 69.2 Å². The van der Waals surface area contributed by atoms with Crippen LogP contribution in [0.15, 0.2) is 42.5 Å². The van der Waals surface area contributed by atoms with E-state index >= 15 is 0 Å². The van der Waals surface area contributed by atoms with Crippen LogP contribution in [0.25, 0.3) is 11.0 Å². The van der Waals surface area contributed by atoms with E-state index < -0.39 is 23.7 Å². The minimum atomic E-state index is -2.08. The largest absolute Gasteiger partial charge is 0.389 e. The lowest BCUT2D eigenvalue weighted by Gasteiger charge is -2.43. The van der Waals surface area contributed by atoms with Gasteiger partial charge in [-0.25, -0.2) is 9.37 Å². The minimum absolute atomic E-state index is 0.136. The summed E-state index contributed by atoms with van der Waals surface area (Å²) in [4.78, 5) is 22.5. The summed E-state index contributed by atoms with van der Waals surface area (Å²) in [5, 5.41) is 11.7. The predicted octanol–water partition coefficient (Wildman–Crippen LogP) is 4.60. The van der Waals surface area contributed by atoms with Crippen LogP contribution in [-0.4, -0.2) is 45.1 Å². The Kier molecular flexibility index (Phi) is 5.62. The van der Waals surface area contributed by atoms with Gasteiger partial charge in [0.1, 0.15) is 11.6 Å². The molecule has 0 fully saturated rings. The maximum Gasteiger partial charge on any atom is 0.225 e. The first-order valence-corrected chi connectivity index (χ1v) is 11.2. The summed E-state index contributed by atoms with van der Waals surface area (Å²) >= 11 is 0. The molecule has 1 aliphatic rings. The Balaban J connectivity index is 1.46. The molecule has 1 aliphatic carbocycles. The number of rotatable bonds is 7. The molecule has 0 aliphatic heterocycles. The summed E-state index contributed by atoms with van der Waals surface area (Å²) in [6.45, 7) is 4.25. The highest BCUT2D eigenvalue weighted by Gasteiger charge is 2.45. The zero-order valence-corrected chi connectivity index (χ0v) is 18.9. The first-order chi connectivity index (χ1) is 16.0. The highest BCUT2D eigenvalue weighted by molar-refractivity contribution is 5.77. The number of nitrogens with zero attached hydrogens (tertiary/aromatic N) is 2. The number of fused-ring (bicyclic) bond motifs is 2. The predicted molar refractivity (Wildman–Crippen MR) is 124 cm³/mol.